The third-order valence-corrected chi connectivity index (χ3v) is 5.53. The summed E-state index contributed by atoms with van der Waals surface area (Å²) in [5.74, 6) is 0.334. The van der Waals surface area contributed by atoms with E-state index in [9.17, 15) is 9.59 Å². The van der Waals surface area contributed by atoms with Crippen molar-refractivity contribution < 1.29 is 33.3 Å². The van der Waals surface area contributed by atoms with Gasteiger partial charge in [0.15, 0.2) is 6.10 Å². The molecule has 1 aromatic carbocycles. The minimum atomic E-state index is -0.401. The number of rotatable bonds is 12. The Bertz CT molecular complexity index is 786. The van der Waals surface area contributed by atoms with E-state index in [0.717, 1.165) is 37.0 Å². The third-order valence-electron chi connectivity index (χ3n) is 5.53. The first kappa shape index (κ1) is 24.0. The molecule has 2 fully saturated rings. The first-order valence-electron chi connectivity index (χ1n) is 11.2. The average Bonchev–Trinajstić information content (AvgIpc) is 3.37. The van der Waals surface area contributed by atoms with Gasteiger partial charge in [-0.1, -0.05) is 25.6 Å². The van der Waals surface area contributed by atoms with Gasteiger partial charge < -0.3 is 23.7 Å². The standard InChI is InChI=1S/C25H32O7/c1-3-22(26)29-15-7-5-4-6-14-28-20-11-8-19(9-12-20)10-13-23(27)32-21-17-31-24-18(2)16-30-25(21)24/h3,8-13,18,21,24-25H,1,4-7,14-17H2,2H3/b13-10+/t18-,21-,24-,25-/m1/s1. The maximum absolute atomic E-state index is 12.2. The highest BCUT2D eigenvalue weighted by molar-refractivity contribution is 5.87. The van der Waals surface area contributed by atoms with E-state index in [4.69, 9.17) is 23.7 Å². The molecule has 0 aliphatic carbocycles. The summed E-state index contributed by atoms with van der Waals surface area (Å²) >= 11 is 0. The fourth-order valence-electron chi connectivity index (χ4n) is 3.76. The average molecular weight is 445 g/mol. The summed E-state index contributed by atoms with van der Waals surface area (Å²) in [6, 6.07) is 7.54. The summed E-state index contributed by atoms with van der Waals surface area (Å²) in [6.07, 6.45) is 7.58. The molecule has 174 valence electrons. The van der Waals surface area contributed by atoms with Gasteiger partial charge >= 0.3 is 11.9 Å². The summed E-state index contributed by atoms with van der Waals surface area (Å²) in [6.45, 7) is 7.51. The quantitative estimate of drug-likeness (QED) is 0.276. The zero-order chi connectivity index (χ0) is 22.8. The van der Waals surface area contributed by atoms with Crippen LogP contribution in [0, 0.1) is 5.92 Å². The van der Waals surface area contributed by atoms with Gasteiger partial charge in [0.1, 0.15) is 11.9 Å². The molecule has 3 rings (SSSR count). The van der Waals surface area contributed by atoms with Crippen LogP contribution in [0.2, 0.25) is 0 Å². The van der Waals surface area contributed by atoms with Crippen molar-refractivity contribution in [2.75, 3.05) is 26.4 Å². The van der Waals surface area contributed by atoms with E-state index in [1.54, 1.807) is 6.08 Å². The van der Waals surface area contributed by atoms with Crippen molar-refractivity contribution in [3.8, 4) is 5.75 Å². The van der Waals surface area contributed by atoms with E-state index in [-0.39, 0.29) is 24.3 Å². The molecule has 0 spiro atoms. The summed E-state index contributed by atoms with van der Waals surface area (Å²) in [7, 11) is 0. The second-order valence-corrected chi connectivity index (χ2v) is 8.09. The normalized spacial score (nSPS) is 24.3. The minimum Gasteiger partial charge on any atom is -0.494 e. The van der Waals surface area contributed by atoms with E-state index in [0.29, 0.717) is 32.3 Å². The molecule has 0 aromatic heterocycles. The Kier molecular flexibility index (Phi) is 9.31. The van der Waals surface area contributed by atoms with Crippen molar-refractivity contribution in [1.29, 1.82) is 0 Å². The van der Waals surface area contributed by atoms with E-state index < -0.39 is 5.97 Å². The monoisotopic (exact) mass is 444 g/mol. The largest absolute Gasteiger partial charge is 0.494 e. The molecule has 2 heterocycles. The highest BCUT2D eigenvalue weighted by Crippen LogP contribution is 2.32. The maximum Gasteiger partial charge on any atom is 0.331 e. The van der Waals surface area contributed by atoms with Crippen molar-refractivity contribution in [3.63, 3.8) is 0 Å². The first-order valence-corrected chi connectivity index (χ1v) is 11.2. The minimum absolute atomic E-state index is 0.0198. The molecule has 0 bridgehead atoms. The molecule has 0 radical (unpaired) electrons. The number of hydrogen-bond acceptors (Lipinski definition) is 7. The lowest BCUT2D eigenvalue weighted by Crippen LogP contribution is -2.32. The summed E-state index contributed by atoms with van der Waals surface area (Å²) < 4.78 is 27.6. The molecular formula is C25H32O7. The molecule has 0 unspecified atom stereocenters. The lowest BCUT2D eigenvalue weighted by atomic mass is 10.0. The van der Waals surface area contributed by atoms with E-state index in [2.05, 4.69) is 13.5 Å². The van der Waals surface area contributed by atoms with Crippen LogP contribution >= 0.6 is 0 Å². The zero-order valence-corrected chi connectivity index (χ0v) is 18.6. The Labute approximate surface area is 189 Å². The van der Waals surface area contributed by atoms with Crippen LogP contribution in [0.4, 0.5) is 0 Å². The molecule has 7 nitrogen and oxygen atoms in total. The van der Waals surface area contributed by atoms with E-state index >= 15 is 0 Å². The van der Waals surface area contributed by atoms with Crippen LogP contribution in [0.3, 0.4) is 0 Å². The molecule has 7 heteroatoms. The van der Waals surface area contributed by atoms with Crippen LogP contribution in [0.15, 0.2) is 43.0 Å². The maximum atomic E-state index is 12.2. The SMILES string of the molecule is C=CC(=O)OCCCCCCOc1ccc(/C=C/C(=O)O[C@@H]2CO[C@H]3[C@@H]2OC[C@H]3C)cc1. The summed E-state index contributed by atoms with van der Waals surface area (Å²) in [4.78, 5) is 23.1. The first-order chi connectivity index (χ1) is 15.6. The predicted molar refractivity (Wildman–Crippen MR) is 119 cm³/mol. The Morgan fingerprint density at radius 1 is 1.00 bits per heavy atom. The van der Waals surface area contributed by atoms with Gasteiger partial charge in [0.05, 0.1) is 32.5 Å². The van der Waals surface area contributed by atoms with Crippen LogP contribution in [0.1, 0.15) is 38.2 Å². The Morgan fingerprint density at radius 2 is 1.72 bits per heavy atom. The van der Waals surface area contributed by atoms with Crippen LogP contribution in [-0.4, -0.2) is 56.7 Å². The fraction of sp³-hybridized carbons (Fsp3) is 0.520. The number of carbonyl (C=O) groups is 2. The number of benzene rings is 1. The van der Waals surface area contributed by atoms with Crippen molar-refractivity contribution in [1.82, 2.24) is 0 Å². The number of hydrogen-bond donors (Lipinski definition) is 0. The molecule has 4 atom stereocenters. The summed E-state index contributed by atoms with van der Waals surface area (Å²) in [5, 5.41) is 0. The molecule has 0 saturated carbocycles. The molecule has 0 N–H and O–H groups in total. The van der Waals surface area contributed by atoms with Crippen LogP contribution in [-0.2, 0) is 28.5 Å². The molecule has 2 aliphatic heterocycles. The highest BCUT2D eigenvalue weighted by Gasteiger charge is 2.47. The molecule has 0 amide bonds. The van der Waals surface area contributed by atoms with E-state index in [1.807, 2.05) is 24.3 Å². The number of ether oxygens (including phenoxy) is 5. The lowest BCUT2D eigenvalue weighted by Gasteiger charge is -2.15. The van der Waals surface area contributed by atoms with Crippen molar-refractivity contribution in [2.45, 2.75) is 50.9 Å². The molecule has 1 aromatic rings. The van der Waals surface area contributed by atoms with Gasteiger partial charge in [-0.25, -0.2) is 9.59 Å². The van der Waals surface area contributed by atoms with Crippen molar-refractivity contribution in [3.05, 3.63) is 48.6 Å². The fourth-order valence-corrected chi connectivity index (χ4v) is 3.76. The third kappa shape index (κ3) is 7.21. The smallest absolute Gasteiger partial charge is 0.331 e. The topological polar surface area (TPSA) is 80.3 Å². The van der Waals surface area contributed by atoms with Gasteiger partial charge in [0, 0.05) is 18.1 Å². The highest BCUT2D eigenvalue weighted by atomic mass is 16.6. The molecule has 32 heavy (non-hydrogen) atoms. The van der Waals surface area contributed by atoms with Gasteiger partial charge in [-0.2, -0.15) is 0 Å². The molecule has 2 saturated heterocycles. The number of carbonyl (C=O) groups excluding carboxylic acids is 2. The zero-order valence-electron chi connectivity index (χ0n) is 18.6. The number of esters is 2. The van der Waals surface area contributed by atoms with Crippen LogP contribution in [0.25, 0.3) is 6.08 Å². The lowest BCUT2D eigenvalue weighted by molar-refractivity contribution is -0.147. The predicted octanol–water partition coefficient (Wildman–Crippen LogP) is 3.71. The van der Waals surface area contributed by atoms with Gasteiger partial charge in [0.25, 0.3) is 0 Å². The molecule has 2 aliphatic rings. The van der Waals surface area contributed by atoms with Crippen molar-refractivity contribution >= 4 is 18.0 Å². The number of fused-ring (bicyclic) bond motifs is 1. The van der Waals surface area contributed by atoms with Gasteiger partial charge in [-0.3, -0.25) is 0 Å². The van der Waals surface area contributed by atoms with E-state index in [1.165, 1.54) is 12.2 Å². The Hall–Kier alpha value is -2.64. The Balaban J connectivity index is 1.29. The van der Waals surface area contributed by atoms with Crippen LogP contribution in [0.5, 0.6) is 5.75 Å². The van der Waals surface area contributed by atoms with Gasteiger partial charge in [-0.15, -0.1) is 0 Å². The second kappa shape index (κ2) is 12.4. The second-order valence-electron chi connectivity index (χ2n) is 8.09. The van der Waals surface area contributed by atoms with Crippen LogP contribution < -0.4 is 4.74 Å². The molecular weight excluding hydrogens is 412 g/mol. The summed E-state index contributed by atoms with van der Waals surface area (Å²) in [5.41, 5.74) is 0.884. The number of unbranched alkanes of at least 4 members (excludes halogenated alkanes) is 3. The van der Waals surface area contributed by atoms with Gasteiger partial charge in [0.2, 0.25) is 0 Å². The Morgan fingerprint density at radius 3 is 2.47 bits per heavy atom. The van der Waals surface area contributed by atoms with Crippen molar-refractivity contribution in [2.24, 2.45) is 5.92 Å². The van der Waals surface area contributed by atoms with Gasteiger partial charge in [-0.05, 0) is 49.5 Å².